The van der Waals surface area contributed by atoms with Gasteiger partial charge in [-0.3, -0.25) is 9.36 Å². The Labute approximate surface area is 217 Å². The number of nitrogens with zero attached hydrogens (tertiary/aromatic N) is 3. The predicted molar refractivity (Wildman–Crippen MR) is 143 cm³/mol. The Morgan fingerprint density at radius 1 is 0.892 bits per heavy atom. The topological polar surface area (TPSA) is 88.6 Å². The van der Waals surface area contributed by atoms with Crippen LogP contribution in [0.1, 0.15) is 11.5 Å². The second-order valence-corrected chi connectivity index (χ2v) is 9.08. The quantitative estimate of drug-likeness (QED) is 0.193. The van der Waals surface area contributed by atoms with E-state index in [0.717, 1.165) is 11.3 Å². The van der Waals surface area contributed by atoms with Crippen LogP contribution in [0.25, 0.3) is 28.0 Å². The minimum Gasteiger partial charge on any atom is -0.497 e. The van der Waals surface area contributed by atoms with Crippen molar-refractivity contribution < 1.29 is 18.6 Å². The minimum atomic E-state index is -0.185. The first-order valence-corrected chi connectivity index (χ1v) is 12.5. The number of thioether (sulfide) groups is 1. The van der Waals surface area contributed by atoms with Gasteiger partial charge in [0.25, 0.3) is 5.56 Å². The zero-order chi connectivity index (χ0) is 25.9. The third kappa shape index (κ3) is 4.77. The van der Waals surface area contributed by atoms with Crippen LogP contribution >= 0.6 is 11.8 Å². The van der Waals surface area contributed by atoms with Gasteiger partial charge >= 0.3 is 0 Å². The van der Waals surface area contributed by atoms with E-state index in [2.05, 4.69) is 0 Å². The Bertz CT molecular complexity index is 1620. The number of aromatic nitrogens is 3. The second-order valence-electron chi connectivity index (χ2n) is 8.13. The summed E-state index contributed by atoms with van der Waals surface area (Å²) in [5.74, 6) is 3.42. The maximum Gasteiger partial charge on any atom is 0.266 e. The number of oxazole rings is 1. The van der Waals surface area contributed by atoms with Gasteiger partial charge in [0.05, 0.1) is 49.2 Å². The van der Waals surface area contributed by atoms with E-state index < -0.39 is 0 Å². The maximum atomic E-state index is 13.7. The molecule has 0 unspecified atom stereocenters. The van der Waals surface area contributed by atoms with Crippen molar-refractivity contribution in [3.8, 4) is 34.4 Å². The normalized spacial score (nSPS) is 11.0. The molecule has 0 N–H and O–H groups in total. The number of rotatable bonds is 8. The van der Waals surface area contributed by atoms with Gasteiger partial charge in [-0.05, 0) is 31.2 Å². The van der Waals surface area contributed by atoms with Crippen LogP contribution in [0.5, 0.6) is 17.2 Å². The molecule has 5 aromatic rings. The van der Waals surface area contributed by atoms with Crippen LogP contribution in [0.3, 0.4) is 0 Å². The van der Waals surface area contributed by atoms with Gasteiger partial charge in [-0.25, -0.2) is 9.97 Å². The average molecular weight is 516 g/mol. The molecule has 0 radical (unpaired) electrons. The highest BCUT2D eigenvalue weighted by atomic mass is 32.2. The first-order chi connectivity index (χ1) is 18.0. The Kier molecular flexibility index (Phi) is 6.87. The van der Waals surface area contributed by atoms with Gasteiger partial charge in [0.1, 0.15) is 23.0 Å². The number of hydrogen-bond donors (Lipinski definition) is 0. The van der Waals surface area contributed by atoms with Crippen LogP contribution in [0, 0.1) is 6.92 Å². The molecule has 0 fully saturated rings. The zero-order valence-electron chi connectivity index (χ0n) is 20.8. The summed E-state index contributed by atoms with van der Waals surface area (Å²) in [6.07, 6.45) is 0. The number of fused-ring (bicyclic) bond motifs is 1. The molecule has 8 nitrogen and oxygen atoms in total. The van der Waals surface area contributed by atoms with Gasteiger partial charge in [-0.1, -0.05) is 36.0 Å². The first kappa shape index (κ1) is 24.5. The summed E-state index contributed by atoms with van der Waals surface area (Å²) in [5, 5.41) is 1.03. The Morgan fingerprint density at radius 2 is 1.59 bits per heavy atom. The Morgan fingerprint density at radius 3 is 2.32 bits per heavy atom. The fourth-order valence-corrected chi connectivity index (χ4v) is 5.00. The van der Waals surface area contributed by atoms with E-state index in [4.69, 9.17) is 28.6 Å². The molecule has 0 atom stereocenters. The molecule has 37 heavy (non-hydrogen) atoms. The van der Waals surface area contributed by atoms with Crippen LogP contribution in [-0.2, 0) is 5.75 Å². The lowest BCUT2D eigenvalue weighted by Crippen LogP contribution is -2.22. The maximum absolute atomic E-state index is 13.7. The highest BCUT2D eigenvalue weighted by Gasteiger charge is 2.19. The van der Waals surface area contributed by atoms with Crippen molar-refractivity contribution in [2.45, 2.75) is 17.8 Å². The van der Waals surface area contributed by atoms with Crippen molar-refractivity contribution in [2.75, 3.05) is 21.3 Å². The number of ether oxygens (including phenoxy) is 3. The Hall–Kier alpha value is -4.24. The van der Waals surface area contributed by atoms with Gasteiger partial charge in [0, 0.05) is 24.0 Å². The number of benzene rings is 3. The fraction of sp³-hybridized carbons (Fsp3) is 0.179. The summed E-state index contributed by atoms with van der Waals surface area (Å²) < 4.78 is 23.9. The van der Waals surface area contributed by atoms with Gasteiger partial charge in [0.15, 0.2) is 5.16 Å². The van der Waals surface area contributed by atoms with Crippen LogP contribution in [0.2, 0.25) is 0 Å². The van der Waals surface area contributed by atoms with Crippen LogP contribution < -0.4 is 19.8 Å². The molecule has 5 rings (SSSR count). The van der Waals surface area contributed by atoms with Crippen molar-refractivity contribution in [1.29, 1.82) is 0 Å². The molecule has 2 aromatic heterocycles. The molecule has 2 heterocycles. The number of hydrogen-bond acceptors (Lipinski definition) is 8. The lowest BCUT2D eigenvalue weighted by Gasteiger charge is -2.15. The molecule has 0 saturated heterocycles. The standard InChI is InChI=1S/C28H25N3O5S/c1-17-24(29-26(36-17)22-10-6-8-12-25(22)35-4)16-37-28-30-23-11-7-5-9-21(23)27(32)31(28)18-13-19(33-2)15-20(14-18)34-3/h5-15H,16H2,1-4H3. The average Bonchev–Trinajstić information content (AvgIpc) is 3.31. The summed E-state index contributed by atoms with van der Waals surface area (Å²) in [6.45, 7) is 1.87. The van der Waals surface area contributed by atoms with E-state index in [9.17, 15) is 4.79 Å². The molecule has 0 spiro atoms. The molecule has 0 aliphatic heterocycles. The van der Waals surface area contributed by atoms with E-state index >= 15 is 0 Å². The van der Waals surface area contributed by atoms with Crippen molar-refractivity contribution in [2.24, 2.45) is 0 Å². The monoisotopic (exact) mass is 515 g/mol. The molecule has 0 aliphatic carbocycles. The summed E-state index contributed by atoms with van der Waals surface area (Å²) in [6, 6.07) is 20.2. The van der Waals surface area contributed by atoms with Gasteiger partial charge in [-0.15, -0.1) is 0 Å². The smallest absolute Gasteiger partial charge is 0.266 e. The van der Waals surface area contributed by atoms with E-state index in [1.54, 1.807) is 50.2 Å². The molecule has 188 valence electrons. The van der Waals surface area contributed by atoms with Crippen molar-refractivity contribution >= 4 is 22.7 Å². The molecular formula is C28H25N3O5S. The SMILES string of the molecule is COc1cc(OC)cc(-n2c(SCc3nc(-c4ccccc4OC)oc3C)nc3ccccc3c2=O)c1. The van der Waals surface area contributed by atoms with Crippen molar-refractivity contribution in [1.82, 2.24) is 14.5 Å². The highest BCUT2D eigenvalue weighted by molar-refractivity contribution is 7.98. The minimum absolute atomic E-state index is 0.185. The van der Waals surface area contributed by atoms with Crippen molar-refractivity contribution in [3.05, 3.63) is 88.5 Å². The van der Waals surface area contributed by atoms with E-state index in [1.807, 2.05) is 49.4 Å². The summed E-state index contributed by atoms with van der Waals surface area (Å²) >= 11 is 1.40. The molecule has 0 bridgehead atoms. The third-order valence-corrected chi connectivity index (χ3v) is 6.86. The summed E-state index contributed by atoms with van der Waals surface area (Å²) in [7, 11) is 4.76. The molecular weight excluding hydrogens is 490 g/mol. The molecule has 9 heteroatoms. The predicted octanol–water partition coefficient (Wildman–Crippen LogP) is 5.67. The lowest BCUT2D eigenvalue weighted by molar-refractivity contribution is 0.394. The van der Waals surface area contributed by atoms with Gasteiger partial charge < -0.3 is 18.6 Å². The molecule has 0 saturated carbocycles. The third-order valence-electron chi connectivity index (χ3n) is 5.91. The van der Waals surface area contributed by atoms with Crippen LogP contribution in [-0.4, -0.2) is 35.9 Å². The Balaban J connectivity index is 1.57. The number of methoxy groups -OCH3 is 3. The number of aryl methyl sites for hydroxylation is 1. The van der Waals surface area contributed by atoms with E-state index in [1.165, 1.54) is 11.8 Å². The van der Waals surface area contributed by atoms with Gasteiger partial charge in [-0.2, -0.15) is 0 Å². The lowest BCUT2D eigenvalue weighted by atomic mass is 10.2. The van der Waals surface area contributed by atoms with Crippen molar-refractivity contribution in [3.63, 3.8) is 0 Å². The van der Waals surface area contributed by atoms with E-state index in [0.29, 0.717) is 56.4 Å². The summed E-state index contributed by atoms with van der Waals surface area (Å²) in [4.78, 5) is 23.2. The molecule has 0 amide bonds. The number of para-hydroxylation sites is 2. The summed E-state index contributed by atoms with van der Waals surface area (Å²) in [5.41, 5.74) is 2.55. The molecule has 3 aromatic carbocycles. The van der Waals surface area contributed by atoms with E-state index in [-0.39, 0.29) is 5.56 Å². The fourth-order valence-electron chi connectivity index (χ4n) is 3.99. The first-order valence-electron chi connectivity index (χ1n) is 11.5. The van der Waals surface area contributed by atoms with Crippen LogP contribution in [0.4, 0.5) is 0 Å². The zero-order valence-corrected chi connectivity index (χ0v) is 21.7. The highest BCUT2D eigenvalue weighted by Crippen LogP contribution is 2.33. The second kappa shape index (κ2) is 10.4. The molecule has 0 aliphatic rings. The van der Waals surface area contributed by atoms with Gasteiger partial charge in [0.2, 0.25) is 5.89 Å². The largest absolute Gasteiger partial charge is 0.497 e. The van der Waals surface area contributed by atoms with Crippen LogP contribution in [0.15, 0.2) is 81.1 Å².